The molecule has 0 atom stereocenters. The van der Waals surface area contributed by atoms with Crippen molar-refractivity contribution in [1.29, 1.82) is 0 Å². The van der Waals surface area contributed by atoms with Gasteiger partial charge in [0.2, 0.25) is 0 Å². The molecule has 0 bridgehead atoms. The third kappa shape index (κ3) is 8.19. The summed E-state index contributed by atoms with van der Waals surface area (Å²) in [4.78, 5) is 0. The first-order chi connectivity index (χ1) is 26.7. The highest BCUT2D eigenvalue weighted by Gasteiger charge is 2.44. The average molecular weight is 755 g/mol. The molecule has 0 saturated carbocycles. The number of benzene rings is 6. The molecule has 0 heterocycles. The van der Waals surface area contributed by atoms with Crippen LogP contribution in [0.5, 0.6) is 0 Å². The summed E-state index contributed by atoms with van der Waals surface area (Å²) in [5.41, 5.74) is 15.2. The van der Waals surface area contributed by atoms with E-state index in [-0.39, 0.29) is 21.7 Å². The minimum atomic E-state index is -0.826. The second-order valence-corrected chi connectivity index (χ2v) is 20.0. The molecule has 0 fully saturated rings. The maximum absolute atomic E-state index is 4.19. The van der Waals surface area contributed by atoms with Crippen LogP contribution in [0.3, 0.4) is 0 Å². The van der Waals surface area contributed by atoms with Crippen LogP contribution in [0.2, 0.25) is 0 Å². The summed E-state index contributed by atoms with van der Waals surface area (Å²) in [7, 11) is 0. The van der Waals surface area contributed by atoms with Crippen LogP contribution in [0, 0.1) is 0 Å². The molecule has 4 heteroatoms. The van der Waals surface area contributed by atoms with E-state index in [1.54, 1.807) is 0 Å². The van der Waals surface area contributed by atoms with Gasteiger partial charge < -0.3 is 21.3 Å². The Morgan fingerprint density at radius 2 is 0.684 bits per heavy atom. The molecular weight excluding hydrogens is 693 g/mol. The van der Waals surface area contributed by atoms with Gasteiger partial charge in [0.25, 0.3) is 0 Å². The minimum Gasteiger partial charge on any atom is -0.354 e. The average Bonchev–Trinajstić information content (AvgIpc) is 3.41. The van der Waals surface area contributed by atoms with Gasteiger partial charge in [-0.1, -0.05) is 168 Å². The minimum absolute atomic E-state index is 0.0274. The maximum atomic E-state index is 4.19. The molecule has 0 radical (unpaired) electrons. The van der Waals surface area contributed by atoms with Gasteiger partial charge >= 0.3 is 0 Å². The lowest BCUT2D eigenvalue weighted by atomic mass is 9.86. The van der Waals surface area contributed by atoms with Crippen molar-refractivity contribution in [1.82, 2.24) is 0 Å². The Hall–Kier alpha value is -5.48. The molecule has 294 valence electrons. The van der Waals surface area contributed by atoms with Crippen LogP contribution in [0.25, 0.3) is 11.1 Å². The zero-order valence-corrected chi connectivity index (χ0v) is 36.2. The van der Waals surface area contributed by atoms with E-state index in [0.29, 0.717) is 0 Å². The Bertz CT molecular complexity index is 2240. The predicted molar refractivity (Wildman–Crippen MR) is 247 cm³/mol. The van der Waals surface area contributed by atoms with Crippen molar-refractivity contribution in [2.75, 3.05) is 21.3 Å². The topological polar surface area (TPSA) is 48.1 Å². The highest BCUT2D eigenvalue weighted by molar-refractivity contribution is 5.88. The fourth-order valence-corrected chi connectivity index (χ4v) is 7.82. The second kappa shape index (κ2) is 14.5. The van der Waals surface area contributed by atoms with Crippen molar-refractivity contribution >= 4 is 34.1 Å². The summed E-state index contributed by atoms with van der Waals surface area (Å²) in [6.07, 6.45) is 0. The number of anilines is 6. The predicted octanol–water partition coefficient (Wildman–Crippen LogP) is 14.8. The molecule has 0 aliphatic heterocycles. The summed E-state index contributed by atoms with van der Waals surface area (Å²) in [5, 5.41) is 16.1. The van der Waals surface area contributed by atoms with E-state index in [1.165, 1.54) is 44.5 Å². The Labute approximate surface area is 342 Å². The standard InChI is InChI=1S/C53H62N4/c1-49(2,3)35-19-17-21-39(31-35)54-47-33-37(51(7,8)9)27-29-45(47)56-53(43-25-15-13-23-41(43)42-24-14-16-26-44(42)53)57-46-30-28-38(52(10,11)12)34-48(46)55-40-22-18-20-36(32-40)50(4,5)6/h13-34,54-57H,1-12H3. The Balaban J connectivity index is 1.42. The summed E-state index contributed by atoms with van der Waals surface area (Å²) in [6.45, 7) is 27.3. The van der Waals surface area contributed by atoms with Crippen molar-refractivity contribution in [3.63, 3.8) is 0 Å². The van der Waals surface area contributed by atoms with Crippen molar-refractivity contribution in [2.45, 2.75) is 110 Å². The van der Waals surface area contributed by atoms with Crippen molar-refractivity contribution in [3.05, 3.63) is 167 Å². The Morgan fingerprint density at radius 3 is 1.05 bits per heavy atom. The fraction of sp³-hybridized carbons (Fsp3) is 0.321. The number of hydrogen-bond acceptors (Lipinski definition) is 4. The molecule has 0 unspecified atom stereocenters. The van der Waals surface area contributed by atoms with E-state index in [2.05, 4.69) is 238 Å². The van der Waals surface area contributed by atoms with Gasteiger partial charge in [0.1, 0.15) is 0 Å². The van der Waals surface area contributed by atoms with Gasteiger partial charge in [0.15, 0.2) is 5.66 Å². The van der Waals surface area contributed by atoms with E-state index in [0.717, 1.165) is 34.1 Å². The smallest absolute Gasteiger partial charge is 0.162 e. The molecule has 1 aliphatic rings. The lowest BCUT2D eigenvalue weighted by molar-refractivity contribution is 0.590. The van der Waals surface area contributed by atoms with Gasteiger partial charge in [-0.05, 0) is 104 Å². The monoisotopic (exact) mass is 754 g/mol. The molecule has 0 amide bonds. The highest BCUT2D eigenvalue weighted by atomic mass is 15.2. The number of nitrogens with one attached hydrogen (secondary N) is 4. The zero-order valence-electron chi connectivity index (χ0n) is 36.2. The molecule has 6 aromatic rings. The molecule has 0 spiro atoms. The van der Waals surface area contributed by atoms with Gasteiger partial charge in [-0.3, -0.25) is 0 Å². The van der Waals surface area contributed by atoms with Crippen LogP contribution < -0.4 is 21.3 Å². The number of hydrogen-bond donors (Lipinski definition) is 4. The molecule has 1 aliphatic carbocycles. The van der Waals surface area contributed by atoms with Gasteiger partial charge in [0.05, 0.1) is 22.7 Å². The van der Waals surface area contributed by atoms with E-state index in [9.17, 15) is 0 Å². The quantitative estimate of drug-likeness (QED) is 0.117. The van der Waals surface area contributed by atoms with E-state index < -0.39 is 5.66 Å². The fourth-order valence-electron chi connectivity index (χ4n) is 7.82. The van der Waals surface area contributed by atoms with Gasteiger partial charge in [0, 0.05) is 22.5 Å². The lowest BCUT2D eigenvalue weighted by Crippen LogP contribution is -2.43. The first-order valence-electron chi connectivity index (χ1n) is 20.5. The summed E-state index contributed by atoms with van der Waals surface area (Å²) >= 11 is 0. The van der Waals surface area contributed by atoms with Crippen molar-refractivity contribution in [2.24, 2.45) is 0 Å². The zero-order chi connectivity index (χ0) is 41.0. The van der Waals surface area contributed by atoms with Crippen LogP contribution in [0.1, 0.15) is 116 Å². The highest BCUT2D eigenvalue weighted by Crippen LogP contribution is 2.51. The molecule has 4 N–H and O–H groups in total. The van der Waals surface area contributed by atoms with E-state index in [1.807, 2.05) is 0 Å². The van der Waals surface area contributed by atoms with Gasteiger partial charge in [-0.25, -0.2) is 0 Å². The van der Waals surface area contributed by atoms with Crippen LogP contribution >= 0.6 is 0 Å². The normalized spacial score (nSPS) is 13.8. The largest absolute Gasteiger partial charge is 0.354 e. The van der Waals surface area contributed by atoms with Crippen LogP contribution in [0.4, 0.5) is 34.1 Å². The van der Waals surface area contributed by atoms with E-state index >= 15 is 0 Å². The molecule has 7 rings (SSSR count). The first kappa shape index (κ1) is 39.7. The molecule has 4 nitrogen and oxygen atoms in total. The summed E-state index contributed by atoms with van der Waals surface area (Å²) in [5.74, 6) is 0. The van der Waals surface area contributed by atoms with Gasteiger partial charge in [-0.15, -0.1) is 0 Å². The lowest BCUT2D eigenvalue weighted by Gasteiger charge is -2.38. The van der Waals surface area contributed by atoms with E-state index in [4.69, 9.17) is 0 Å². The maximum Gasteiger partial charge on any atom is 0.162 e. The summed E-state index contributed by atoms with van der Waals surface area (Å²) < 4.78 is 0. The van der Waals surface area contributed by atoms with Gasteiger partial charge in [-0.2, -0.15) is 0 Å². The molecule has 0 saturated heterocycles. The number of fused-ring (bicyclic) bond motifs is 3. The van der Waals surface area contributed by atoms with Crippen molar-refractivity contribution < 1.29 is 0 Å². The first-order valence-corrected chi connectivity index (χ1v) is 20.5. The third-order valence-electron chi connectivity index (χ3n) is 11.4. The molecule has 6 aromatic carbocycles. The van der Waals surface area contributed by atoms with Crippen LogP contribution in [-0.4, -0.2) is 0 Å². The van der Waals surface area contributed by atoms with Crippen LogP contribution in [-0.2, 0) is 27.3 Å². The Morgan fingerprint density at radius 1 is 0.333 bits per heavy atom. The van der Waals surface area contributed by atoms with Crippen molar-refractivity contribution in [3.8, 4) is 11.1 Å². The molecule has 0 aromatic heterocycles. The molecular formula is C53H62N4. The third-order valence-corrected chi connectivity index (χ3v) is 11.4. The number of rotatable bonds is 8. The van der Waals surface area contributed by atoms with Crippen LogP contribution in [0.15, 0.2) is 133 Å². The Kier molecular flexibility index (Phi) is 10.1. The molecule has 57 heavy (non-hydrogen) atoms. The summed E-state index contributed by atoms with van der Waals surface area (Å²) in [6, 6.07) is 49.0. The SMILES string of the molecule is CC(C)(C)c1cccc(Nc2cc(C(C)(C)C)ccc2NC2(Nc3ccc(C(C)(C)C)cc3Nc3cccc(C(C)(C)C)c3)c3ccccc3-c3ccccc32)c1. The second-order valence-electron chi connectivity index (χ2n) is 20.0.